The second-order valence-corrected chi connectivity index (χ2v) is 5.26. The maximum atomic E-state index is 13.2. The highest BCUT2D eigenvalue weighted by Gasteiger charge is 2.41. The molecule has 0 aliphatic carbocycles. The van der Waals surface area contributed by atoms with Crippen LogP contribution in [0.1, 0.15) is 11.4 Å². The van der Waals surface area contributed by atoms with Crippen molar-refractivity contribution < 1.29 is 26.3 Å². The molecule has 25 heavy (non-hydrogen) atoms. The van der Waals surface area contributed by atoms with Crippen LogP contribution in [0.15, 0.2) is 24.4 Å². The van der Waals surface area contributed by atoms with Crippen molar-refractivity contribution in [3.05, 3.63) is 40.8 Å². The third kappa shape index (κ3) is 2.95. The molecule has 0 atom stereocenters. The molecule has 12 heteroatoms. The van der Waals surface area contributed by atoms with Crippen LogP contribution in [0.3, 0.4) is 0 Å². The van der Waals surface area contributed by atoms with Gasteiger partial charge >= 0.3 is 12.4 Å². The van der Waals surface area contributed by atoms with Gasteiger partial charge in [-0.2, -0.15) is 36.1 Å². The van der Waals surface area contributed by atoms with E-state index in [4.69, 9.17) is 17.3 Å². The summed E-state index contributed by atoms with van der Waals surface area (Å²) in [5.41, 5.74) is 1.53. The molecular weight excluding hydrogens is 376 g/mol. The Kier molecular flexibility index (Phi) is 3.78. The normalized spacial score (nSPS) is 12.8. The molecule has 3 rings (SSSR count). The monoisotopic (exact) mass is 381 g/mol. The summed E-state index contributed by atoms with van der Waals surface area (Å²) in [6, 6.07) is 3.21. The fourth-order valence-corrected chi connectivity index (χ4v) is 2.38. The number of pyridine rings is 2. The smallest absolute Gasteiger partial charge is 0.383 e. The Balaban J connectivity index is 2.39. The van der Waals surface area contributed by atoms with Gasteiger partial charge in [-0.3, -0.25) is 0 Å². The van der Waals surface area contributed by atoms with Crippen LogP contribution in [-0.2, 0) is 12.4 Å². The predicted octanol–water partition coefficient (Wildman–Crippen LogP) is 4.09. The summed E-state index contributed by atoms with van der Waals surface area (Å²) in [5.74, 6) is -0.705. The first-order chi connectivity index (χ1) is 11.5. The standard InChI is InChI=1S/C13H6ClF6N5/c14-5-2-1-3-22-11(5)25-10(21)8-6(24-25)4-7(12(15,16)17)23-9(8)13(18,19)20/h1-4H,21H2. The fourth-order valence-electron chi connectivity index (χ4n) is 2.18. The van der Waals surface area contributed by atoms with Crippen molar-refractivity contribution in [1.82, 2.24) is 19.7 Å². The predicted molar refractivity (Wildman–Crippen MR) is 76.1 cm³/mol. The van der Waals surface area contributed by atoms with Crippen LogP contribution >= 0.6 is 11.6 Å². The van der Waals surface area contributed by atoms with E-state index in [1.807, 2.05) is 0 Å². The summed E-state index contributed by atoms with van der Waals surface area (Å²) in [4.78, 5) is 6.53. The zero-order valence-electron chi connectivity index (χ0n) is 11.8. The Labute approximate surface area is 140 Å². The van der Waals surface area contributed by atoms with E-state index in [2.05, 4.69) is 15.1 Å². The summed E-state index contributed by atoms with van der Waals surface area (Å²) in [6.45, 7) is 0. The van der Waals surface area contributed by atoms with Crippen LogP contribution in [0.4, 0.5) is 32.2 Å². The molecule has 3 aromatic heterocycles. The summed E-state index contributed by atoms with van der Waals surface area (Å²) in [7, 11) is 0. The van der Waals surface area contributed by atoms with E-state index in [1.165, 1.54) is 18.3 Å². The summed E-state index contributed by atoms with van der Waals surface area (Å²) in [6.07, 6.45) is -8.98. The Morgan fingerprint density at radius 3 is 2.32 bits per heavy atom. The van der Waals surface area contributed by atoms with Crippen LogP contribution in [-0.4, -0.2) is 19.7 Å². The zero-order valence-corrected chi connectivity index (χ0v) is 12.6. The summed E-state index contributed by atoms with van der Waals surface area (Å²) >= 11 is 5.90. The number of hydrogen-bond donors (Lipinski definition) is 1. The molecule has 0 aromatic carbocycles. The molecule has 0 radical (unpaired) electrons. The maximum Gasteiger partial charge on any atom is 0.434 e. The Morgan fingerprint density at radius 2 is 1.76 bits per heavy atom. The molecule has 0 unspecified atom stereocenters. The second-order valence-electron chi connectivity index (χ2n) is 4.85. The SMILES string of the molecule is Nc1c2c(C(F)(F)F)nc(C(F)(F)F)cc2nn1-c1ncccc1Cl. The quantitative estimate of drug-likeness (QED) is 0.645. The molecule has 0 amide bonds. The fraction of sp³-hybridized carbons (Fsp3) is 0.154. The second kappa shape index (κ2) is 5.48. The zero-order chi connectivity index (χ0) is 18.6. The van der Waals surface area contributed by atoms with Gasteiger partial charge in [0.05, 0.1) is 15.9 Å². The molecular formula is C13H6ClF6N5. The lowest BCUT2D eigenvalue weighted by Gasteiger charge is -2.11. The van der Waals surface area contributed by atoms with Gasteiger partial charge in [0.15, 0.2) is 11.5 Å². The Morgan fingerprint density at radius 1 is 1.08 bits per heavy atom. The van der Waals surface area contributed by atoms with E-state index in [9.17, 15) is 26.3 Å². The first-order valence-electron chi connectivity index (χ1n) is 6.44. The van der Waals surface area contributed by atoms with Crippen LogP contribution in [0.2, 0.25) is 5.02 Å². The van der Waals surface area contributed by atoms with E-state index >= 15 is 0 Å². The molecule has 132 valence electrons. The molecule has 0 aliphatic heterocycles. The van der Waals surface area contributed by atoms with Crippen LogP contribution in [0.25, 0.3) is 16.7 Å². The molecule has 0 saturated heterocycles. The lowest BCUT2D eigenvalue weighted by molar-refractivity contribution is -0.149. The van der Waals surface area contributed by atoms with Crippen molar-refractivity contribution in [2.75, 3.05) is 5.73 Å². The van der Waals surface area contributed by atoms with Gasteiger partial charge < -0.3 is 5.73 Å². The molecule has 0 saturated carbocycles. The first kappa shape index (κ1) is 17.3. The van der Waals surface area contributed by atoms with Crippen molar-refractivity contribution in [1.29, 1.82) is 0 Å². The molecule has 0 aliphatic rings. The van der Waals surface area contributed by atoms with Gasteiger partial charge in [0, 0.05) is 6.20 Å². The molecule has 3 heterocycles. The number of hydrogen-bond acceptors (Lipinski definition) is 4. The number of fused-ring (bicyclic) bond motifs is 1. The molecule has 0 bridgehead atoms. The highest BCUT2D eigenvalue weighted by molar-refractivity contribution is 6.32. The molecule has 0 spiro atoms. The minimum atomic E-state index is -5.17. The topological polar surface area (TPSA) is 69.6 Å². The Bertz CT molecular complexity index is 962. The van der Waals surface area contributed by atoms with Crippen molar-refractivity contribution in [3.8, 4) is 5.82 Å². The molecule has 2 N–H and O–H groups in total. The number of nitrogens with two attached hydrogens (primary N) is 1. The third-order valence-electron chi connectivity index (χ3n) is 3.19. The van der Waals surface area contributed by atoms with Crippen molar-refractivity contribution >= 4 is 28.3 Å². The van der Waals surface area contributed by atoms with Crippen LogP contribution in [0.5, 0.6) is 0 Å². The van der Waals surface area contributed by atoms with Gasteiger partial charge in [-0.1, -0.05) is 11.6 Å². The van der Waals surface area contributed by atoms with Gasteiger partial charge in [-0.05, 0) is 18.2 Å². The summed E-state index contributed by atoms with van der Waals surface area (Å²) in [5, 5.41) is 2.93. The number of rotatable bonds is 1. The van der Waals surface area contributed by atoms with Crippen LogP contribution in [0, 0.1) is 0 Å². The number of nitrogen functional groups attached to an aromatic ring is 1. The third-order valence-corrected chi connectivity index (χ3v) is 3.48. The minimum Gasteiger partial charge on any atom is -0.383 e. The van der Waals surface area contributed by atoms with Gasteiger partial charge in [0.25, 0.3) is 0 Å². The number of aromatic nitrogens is 4. The van der Waals surface area contributed by atoms with E-state index in [0.29, 0.717) is 6.07 Å². The highest BCUT2D eigenvalue weighted by Crippen LogP contribution is 2.40. The van der Waals surface area contributed by atoms with E-state index in [1.54, 1.807) is 0 Å². The van der Waals surface area contributed by atoms with Crippen molar-refractivity contribution in [3.63, 3.8) is 0 Å². The molecule has 0 fully saturated rings. The average Bonchev–Trinajstić information content (AvgIpc) is 2.82. The van der Waals surface area contributed by atoms with E-state index < -0.39 is 40.5 Å². The first-order valence-corrected chi connectivity index (χ1v) is 6.82. The van der Waals surface area contributed by atoms with Gasteiger partial charge in [-0.15, -0.1) is 0 Å². The average molecular weight is 382 g/mol. The van der Waals surface area contributed by atoms with Gasteiger partial charge in [0.2, 0.25) is 0 Å². The summed E-state index contributed by atoms with van der Waals surface area (Å²) < 4.78 is 78.9. The lowest BCUT2D eigenvalue weighted by atomic mass is 10.2. The number of anilines is 1. The minimum absolute atomic E-state index is 0.000399. The molecule has 5 nitrogen and oxygen atoms in total. The Hall–Kier alpha value is -2.56. The largest absolute Gasteiger partial charge is 0.434 e. The van der Waals surface area contributed by atoms with Crippen molar-refractivity contribution in [2.24, 2.45) is 0 Å². The number of halogens is 7. The van der Waals surface area contributed by atoms with Gasteiger partial charge in [0.1, 0.15) is 11.5 Å². The van der Waals surface area contributed by atoms with Crippen molar-refractivity contribution in [2.45, 2.75) is 12.4 Å². The lowest BCUT2D eigenvalue weighted by Crippen LogP contribution is -2.15. The maximum absolute atomic E-state index is 13.2. The van der Waals surface area contributed by atoms with E-state index in [0.717, 1.165) is 4.68 Å². The van der Waals surface area contributed by atoms with Gasteiger partial charge in [-0.25, -0.2) is 9.97 Å². The highest BCUT2D eigenvalue weighted by atomic mass is 35.5. The van der Waals surface area contributed by atoms with E-state index in [-0.39, 0.29) is 10.8 Å². The number of nitrogens with zero attached hydrogens (tertiary/aromatic N) is 4. The number of alkyl halides is 6. The van der Waals surface area contributed by atoms with Crippen LogP contribution < -0.4 is 5.73 Å². The molecule has 3 aromatic rings.